The number of benzene rings is 1. The summed E-state index contributed by atoms with van der Waals surface area (Å²) >= 11 is 0. The van der Waals surface area contributed by atoms with Gasteiger partial charge in [-0.25, -0.2) is 9.37 Å². The Morgan fingerprint density at radius 1 is 1.05 bits per heavy atom. The zero-order chi connectivity index (χ0) is 26.9. The van der Waals surface area contributed by atoms with Gasteiger partial charge in [-0.2, -0.15) is 10.5 Å². The lowest BCUT2D eigenvalue weighted by Gasteiger charge is -2.41. The van der Waals surface area contributed by atoms with E-state index in [1.165, 1.54) is 16.7 Å². The lowest BCUT2D eigenvalue weighted by molar-refractivity contribution is -0.122. The molecule has 0 N–H and O–H groups in total. The molecule has 1 amide bonds. The summed E-state index contributed by atoms with van der Waals surface area (Å²) in [5.41, 5.74) is 1.86. The second kappa shape index (κ2) is 10.4. The van der Waals surface area contributed by atoms with Crippen LogP contribution in [0.2, 0.25) is 0 Å². The van der Waals surface area contributed by atoms with Gasteiger partial charge in [0, 0.05) is 37.8 Å². The average Bonchev–Trinajstić information content (AvgIpc) is 2.91. The van der Waals surface area contributed by atoms with Crippen LogP contribution in [0.15, 0.2) is 41.2 Å². The normalized spacial score (nSPS) is 17.3. The molecule has 3 aromatic rings. The molecule has 190 valence electrons. The Labute approximate surface area is 215 Å². The molecular formula is C28H29FN6O2. The first kappa shape index (κ1) is 25.8. The fourth-order valence-electron chi connectivity index (χ4n) is 5.18. The van der Waals surface area contributed by atoms with Crippen LogP contribution in [0.4, 0.5) is 15.8 Å². The highest BCUT2D eigenvalue weighted by atomic mass is 19.1. The fourth-order valence-corrected chi connectivity index (χ4v) is 5.18. The van der Waals surface area contributed by atoms with Crippen LogP contribution in [0.5, 0.6) is 0 Å². The van der Waals surface area contributed by atoms with Crippen molar-refractivity contribution in [2.24, 2.45) is 13.0 Å². The van der Waals surface area contributed by atoms with Gasteiger partial charge >= 0.3 is 0 Å². The number of rotatable bonds is 5. The van der Waals surface area contributed by atoms with Crippen molar-refractivity contribution in [2.45, 2.75) is 51.6 Å². The van der Waals surface area contributed by atoms with Crippen molar-refractivity contribution in [3.8, 4) is 12.1 Å². The van der Waals surface area contributed by atoms with Crippen molar-refractivity contribution >= 4 is 28.3 Å². The maximum atomic E-state index is 13.5. The van der Waals surface area contributed by atoms with Crippen LogP contribution in [0, 0.1) is 34.4 Å². The summed E-state index contributed by atoms with van der Waals surface area (Å²) in [5.74, 6) is -0.578. The zero-order valence-electron chi connectivity index (χ0n) is 21.4. The lowest BCUT2D eigenvalue weighted by atomic mass is 9.88. The molecule has 4 rings (SSSR count). The van der Waals surface area contributed by atoms with Gasteiger partial charge in [0.15, 0.2) is 0 Å². The Kier molecular flexibility index (Phi) is 7.26. The van der Waals surface area contributed by atoms with Crippen LogP contribution in [-0.2, 0) is 11.8 Å². The molecule has 2 aromatic heterocycles. The van der Waals surface area contributed by atoms with Crippen molar-refractivity contribution in [1.29, 1.82) is 10.5 Å². The Balaban J connectivity index is 1.66. The lowest BCUT2D eigenvalue weighted by Crippen LogP contribution is -2.47. The predicted molar refractivity (Wildman–Crippen MR) is 140 cm³/mol. The third-order valence-corrected chi connectivity index (χ3v) is 7.21. The van der Waals surface area contributed by atoms with E-state index < -0.39 is 5.56 Å². The summed E-state index contributed by atoms with van der Waals surface area (Å²) in [4.78, 5) is 34.3. The molecule has 1 aromatic carbocycles. The molecule has 8 nitrogen and oxygen atoms in total. The SMILES string of the molecule is CC(C)C(=O)N(c1ccc(F)cc1)[C@H]1CC[C@@H](N(C)c2c(C#N)c(=O)n(C)c3ccc(C#N)nc23)CC1. The number of pyridine rings is 2. The standard InChI is InChI=1S/C28H29FN6O2/c1-17(2)27(36)35(21-8-5-18(29)6-9-21)22-12-10-20(11-13-22)33(3)26-23(16-31)28(37)34(4)24-14-7-19(15-30)32-25(24)26/h5-9,14,17,20,22H,10-13H2,1-4H3/t20-,22+. The average molecular weight is 501 g/mol. The number of anilines is 2. The summed E-state index contributed by atoms with van der Waals surface area (Å²) in [6.07, 6.45) is 2.83. The van der Waals surface area contributed by atoms with Crippen LogP contribution < -0.4 is 15.4 Å². The van der Waals surface area contributed by atoms with E-state index in [0.717, 1.165) is 0 Å². The number of carbonyl (C=O) groups excluding carboxylic acids is 1. The molecule has 0 bridgehead atoms. The number of aryl methyl sites for hydroxylation is 1. The Bertz CT molecular complexity index is 1470. The van der Waals surface area contributed by atoms with Crippen molar-refractivity contribution in [3.05, 3.63) is 63.8 Å². The molecule has 0 atom stereocenters. The fraction of sp³-hybridized carbons (Fsp3) is 0.393. The number of amides is 1. The van der Waals surface area contributed by atoms with Crippen molar-refractivity contribution in [2.75, 3.05) is 16.8 Å². The highest BCUT2D eigenvalue weighted by Gasteiger charge is 2.34. The summed E-state index contributed by atoms with van der Waals surface area (Å²) in [7, 11) is 3.43. The Morgan fingerprint density at radius 2 is 1.68 bits per heavy atom. The van der Waals surface area contributed by atoms with E-state index in [-0.39, 0.29) is 41.0 Å². The molecule has 0 saturated heterocycles. The molecule has 37 heavy (non-hydrogen) atoms. The van der Waals surface area contributed by atoms with Gasteiger partial charge in [-0.1, -0.05) is 13.8 Å². The van der Waals surface area contributed by atoms with Crippen LogP contribution in [0.1, 0.15) is 50.8 Å². The number of nitrogens with zero attached hydrogens (tertiary/aromatic N) is 6. The number of nitriles is 2. The molecular weight excluding hydrogens is 471 g/mol. The van der Waals surface area contributed by atoms with Gasteiger partial charge in [-0.3, -0.25) is 9.59 Å². The third-order valence-electron chi connectivity index (χ3n) is 7.21. The first-order valence-corrected chi connectivity index (χ1v) is 12.3. The number of halogens is 1. The molecule has 0 spiro atoms. The number of fused-ring (bicyclic) bond motifs is 1. The van der Waals surface area contributed by atoms with Crippen molar-refractivity contribution < 1.29 is 9.18 Å². The zero-order valence-corrected chi connectivity index (χ0v) is 21.4. The van der Waals surface area contributed by atoms with Gasteiger partial charge in [0.05, 0.1) is 11.2 Å². The van der Waals surface area contributed by atoms with Gasteiger partial charge < -0.3 is 14.4 Å². The first-order chi connectivity index (χ1) is 17.7. The Morgan fingerprint density at radius 3 is 2.24 bits per heavy atom. The van der Waals surface area contributed by atoms with Gasteiger partial charge in [-0.05, 0) is 62.1 Å². The molecule has 1 fully saturated rings. The largest absolute Gasteiger partial charge is 0.369 e. The van der Waals surface area contributed by atoms with E-state index >= 15 is 0 Å². The predicted octanol–water partition coefficient (Wildman–Crippen LogP) is 4.25. The van der Waals surface area contributed by atoms with Gasteiger partial charge in [-0.15, -0.1) is 0 Å². The minimum atomic E-state index is -0.415. The van der Waals surface area contributed by atoms with Gasteiger partial charge in [0.1, 0.15) is 34.7 Å². The van der Waals surface area contributed by atoms with Crippen LogP contribution in [0.3, 0.4) is 0 Å². The van der Waals surface area contributed by atoms with Gasteiger partial charge in [0.25, 0.3) is 5.56 Å². The molecule has 1 aliphatic rings. The summed E-state index contributed by atoms with van der Waals surface area (Å²) in [6, 6.07) is 13.3. The topological polar surface area (TPSA) is 106 Å². The number of carbonyl (C=O) groups is 1. The molecule has 0 aliphatic heterocycles. The van der Waals surface area contributed by atoms with Crippen LogP contribution in [0.25, 0.3) is 11.0 Å². The van der Waals surface area contributed by atoms with E-state index in [2.05, 4.69) is 11.1 Å². The first-order valence-electron chi connectivity index (χ1n) is 12.3. The van der Waals surface area contributed by atoms with Crippen molar-refractivity contribution in [1.82, 2.24) is 9.55 Å². The second-order valence-corrected chi connectivity index (χ2v) is 9.79. The van der Waals surface area contributed by atoms with Crippen LogP contribution in [-0.4, -0.2) is 34.6 Å². The number of hydrogen-bond acceptors (Lipinski definition) is 6. The highest BCUT2D eigenvalue weighted by Crippen LogP contribution is 2.35. The quantitative estimate of drug-likeness (QED) is 0.518. The third kappa shape index (κ3) is 4.77. The van der Waals surface area contributed by atoms with E-state index in [4.69, 9.17) is 0 Å². The second-order valence-electron chi connectivity index (χ2n) is 9.79. The Hall–Kier alpha value is -4.24. The summed E-state index contributed by atoms with van der Waals surface area (Å²) in [6.45, 7) is 3.70. The molecule has 0 unspecified atom stereocenters. The molecule has 1 aliphatic carbocycles. The summed E-state index contributed by atoms with van der Waals surface area (Å²) in [5, 5.41) is 19.3. The monoisotopic (exact) mass is 500 g/mol. The minimum Gasteiger partial charge on any atom is -0.369 e. The van der Waals surface area contributed by atoms with Crippen LogP contribution >= 0.6 is 0 Å². The van der Waals surface area contributed by atoms with E-state index in [9.17, 15) is 24.5 Å². The van der Waals surface area contributed by atoms with E-state index in [0.29, 0.717) is 48.1 Å². The highest BCUT2D eigenvalue weighted by molar-refractivity contribution is 5.95. The number of aromatic nitrogens is 2. The molecule has 0 radical (unpaired) electrons. The maximum absolute atomic E-state index is 13.5. The van der Waals surface area contributed by atoms with Crippen molar-refractivity contribution in [3.63, 3.8) is 0 Å². The minimum absolute atomic E-state index is 0.00424. The smallest absolute Gasteiger partial charge is 0.270 e. The molecule has 2 heterocycles. The van der Waals surface area contributed by atoms with E-state index in [1.807, 2.05) is 31.9 Å². The maximum Gasteiger partial charge on any atom is 0.270 e. The molecule has 1 saturated carbocycles. The van der Waals surface area contributed by atoms with Gasteiger partial charge in [0.2, 0.25) is 5.91 Å². The van der Waals surface area contributed by atoms with E-state index in [1.54, 1.807) is 36.2 Å². The number of hydrogen-bond donors (Lipinski definition) is 0. The molecule has 9 heteroatoms. The summed E-state index contributed by atoms with van der Waals surface area (Å²) < 4.78 is 14.9.